The van der Waals surface area contributed by atoms with Gasteiger partial charge in [0.1, 0.15) is 6.10 Å². The van der Waals surface area contributed by atoms with E-state index in [1.165, 1.54) is 0 Å². The van der Waals surface area contributed by atoms with Crippen LogP contribution in [-0.2, 0) is 14.3 Å². The summed E-state index contributed by atoms with van der Waals surface area (Å²) in [5.41, 5.74) is 0. The summed E-state index contributed by atoms with van der Waals surface area (Å²) in [6, 6.07) is 0. The molecule has 17 heavy (non-hydrogen) atoms. The highest BCUT2D eigenvalue weighted by Crippen LogP contribution is 2.22. The minimum Gasteiger partial charge on any atom is -0.481 e. The predicted molar refractivity (Wildman–Crippen MR) is 58.4 cm³/mol. The predicted octanol–water partition coefficient (Wildman–Crippen LogP) is 0.113. The number of carbonyl (C=O) groups is 1. The van der Waals surface area contributed by atoms with E-state index in [9.17, 15) is 15.0 Å². The Morgan fingerprint density at radius 1 is 1.47 bits per heavy atom. The van der Waals surface area contributed by atoms with Gasteiger partial charge in [-0.15, -0.1) is 0 Å². The highest BCUT2D eigenvalue weighted by Gasteiger charge is 2.35. The van der Waals surface area contributed by atoms with Crippen molar-refractivity contribution in [1.29, 1.82) is 0 Å². The zero-order chi connectivity index (χ0) is 13.0. The molecule has 5 atom stereocenters. The molecule has 6 heteroatoms. The topological polar surface area (TPSA) is 96.2 Å². The van der Waals surface area contributed by atoms with E-state index in [0.717, 1.165) is 0 Å². The van der Waals surface area contributed by atoms with Crippen LogP contribution in [0, 0.1) is 0 Å². The fourth-order valence-corrected chi connectivity index (χ4v) is 1.69. The highest BCUT2D eigenvalue weighted by atomic mass is 16.7. The molecule has 0 bridgehead atoms. The van der Waals surface area contributed by atoms with Crippen molar-refractivity contribution in [3.05, 3.63) is 0 Å². The summed E-state index contributed by atoms with van der Waals surface area (Å²) in [7, 11) is 0. The van der Waals surface area contributed by atoms with E-state index < -0.39 is 30.6 Å². The van der Waals surface area contributed by atoms with E-state index >= 15 is 0 Å². The maximum atomic E-state index is 10.4. The number of ether oxygens (including phenoxy) is 2. The number of carboxylic acid groups (broad SMARTS) is 1. The normalized spacial score (nSPS) is 35.5. The van der Waals surface area contributed by atoms with E-state index in [4.69, 9.17) is 14.6 Å². The number of aliphatic carboxylic acids is 1. The van der Waals surface area contributed by atoms with Crippen LogP contribution in [0.5, 0.6) is 0 Å². The molecule has 0 aliphatic carbocycles. The van der Waals surface area contributed by atoms with E-state index in [-0.39, 0.29) is 18.9 Å². The van der Waals surface area contributed by atoms with Gasteiger partial charge >= 0.3 is 5.97 Å². The molecule has 1 heterocycles. The van der Waals surface area contributed by atoms with Gasteiger partial charge in [-0.2, -0.15) is 0 Å². The molecule has 1 rings (SSSR count). The quantitative estimate of drug-likeness (QED) is 0.639. The molecular weight excluding hydrogens is 228 g/mol. The molecule has 0 spiro atoms. The second-order valence-corrected chi connectivity index (χ2v) is 4.46. The van der Waals surface area contributed by atoms with Gasteiger partial charge in [0.05, 0.1) is 18.3 Å². The maximum Gasteiger partial charge on any atom is 0.303 e. The van der Waals surface area contributed by atoms with Crippen molar-refractivity contribution in [2.75, 3.05) is 0 Å². The summed E-state index contributed by atoms with van der Waals surface area (Å²) in [5, 5.41) is 27.6. The van der Waals surface area contributed by atoms with E-state index in [1.807, 2.05) is 0 Å². The van der Waals surface area contributed by atoms with Crippen LogP contribution in [0.15, 0.2) is 0 Å². The molecule has 3 N–H and O–H groups in total. The molecule has 1 saturated heterocycles. The van der Waals surface area contributed by atoms with Crippen molar-refractivity contribution in [2.24, 2.45) is 0 Å². The summed E-state index contributed by atoms with van der Waals surface area (Å²) < 4.78 is 10.7. The van der Waals surface area contributed by atoms with Crippen LogP contribution in [0.3, 0.4) is 0 Å². The molecule has 6 nitrogen and oxygen atoms in total. The molecule has 1 fully saturated rings. The van der Waals surface area contributed by atoms with Crippen LogP contribution in [0.25, 0.3) is 0 Å². The van der Waals surface area contributed by atoms with E-state index in [2.05, 4.69) is 0 Å². The minimum atomic E-state index is -0.881. The van der Waals surface area contributed by atoms with Crippen molar-refractivity contribution >= 4 is 5.97 Å². The van der Waals surface area contributed by atoms with Gasteiger partial charge in [-0.05, 0) is 20.3 Å². The van der Waals surface area contributed by atoms with E-state index in [1.54, 1.807) is 13.8 Å². The second kappa shape index (κ2) is 6.30. The van der Waals surface area contributed by atoms with Crippen LogP contribution in [-0.4, -0.2) is 52.0 Å². The Morgan fingerprint density at radius 3 is 2.71 bits per heavy atom. The number of hydrogen-bond acceptors (Lipinski definition) is 5. The van der Waals surface area contributed by atoms with Crippen LogP contribution in [0.4, 0.5) is 0 Å². The van der Waals surface area contributed by atoms with Crippen LogP contribution >= 0.6 is 0 Å². The van der Waals surface area contributed by atoms with Crippen molar-refractivity contribution in [1.82, 2.24) is 0 Å². The first kappa shape index (κ1) is 14.4. The molecule has 0 radical (unpaired) electrons. The largest absolute Gasteiger partial charge is 0.481 e. The molecule has 0 aromatic heterocycles. The number of carboxylic acids is 1. The lowest BCUT2D eigenvalue weighted by molar-refractivity contribution is -0.273. The Labute approximate surface area is 100 Å². The molecule has 0 amide bonds. The van der Waals surface area contributed by atoms with Gasteiger partial charge < -0.3 is 24.8 Å². The molecule has 0 aromatic rings. The van der Waals surface area contributed by atoms with Crippen molar-refractivity contribution in [3.63, 3.8) is 0 Å². The summed E-state index contributed by atoms with van der Waals surface area (Å²) in [6.45, 7) is 3.43. The zero-order valence-electron chi connectivity index (χ0n) is 10.1. The van der Waals surface area contributed by atoms with Gasteiger partial charge in [-0.1, -0.05) is 0 Å². The third-order valence-corrected chi connectivity index (χ3v) is 2.82. The summed E-state index contributed by atoms with van der Waals surface area (Å²) in [4.78, 5) is 10.4. The molecule has 100 valence electrons. The Hall–Kier alpha value is -0.690. The second-order valence-electron chi connectivity index (χ2n) is 4.46. The SMILES string of the molecule is CC1O[C@H](O[C@H](C)CCC(=O)O)C(O)C[C@@H]1O. The minimum absolute atomic E-state index is 0.0160. The van der Waals surface area contributed by atoms with E-state index in [0.29, 0.717) is 6.42 Å². The van der Waals surface area contributed by atoms with Crippen LogP contribution in [0.2, 0.25) is 0 Å². The third kappa shape index (κ3) is 4.59. The monoisotopic (exact) mass is 248 g/mol. The summed E-state index contributed by atoms with van der Waals surface area (Å²) >= 11 is 0. The summed E-state index contributed by atoms with van der Waals surface area (Å²) in [5.74, 6) is -0.880. The summed E-state index contributed by atoms with van der Waals surface area (Å²) in [6.07, 6.45) is -2.49. The lowest BCUT2D eigenvalue weighted by atomic mass is 10.0. The van der Waals surface area contributed by atoms with Gasteiger partial charge in [-0.25, -0.2) is 0 Å². The Morgan fingerprint density at radius 2 is 2.12 bits per heavy atom. The number of rotatable bonds is 5. The van der Waals surface area contributed by atoms with Crippen LogP contribution < -0.4 is 0 Å². The number of aliphatic hydroxyl groups is 2. The molecule has 1 aliphatic heterocycles. The average molecular weight is 248 g/mol. The smallest absolute Gasteiger partial charge is 0.303 e. The molecule has 2 unspecified atom stereocenters. The average Bonchev–Trinajstić information content (AvgIpc) is 2.23. The Kier molecular flexibility index (Phi) is 5.32. The van der Waals surface area contributed by atoms with Gasteiger partial charge in [-0.3, -0.25) is 4.79 Å². The van der Waals surface area contributed by atoms with Gasteiger partial charge in [0.15, 0.2) is 6.29 Å². The first-order chi connectivity index (χ1) is 7.90. The van der Waals surface area contributed by atoms with Gasteiger partial charge in [0.25, 0.3) is 0 Å². The highest BCUT2D eigenvalue weighted by molar-refractivity contribution is 5.66. The molecule has 1 aliphatic rings. The lowest BCUT2D eigenvalue weighted by Crippen LogP contribution is -2.48. The van der Waals surface area contributed by atoms with Crippen molar-refractivity contribution in [3.8, 4) is 0 Å². The van der Waals surface area contributed by atoms with Gasteiger partial charge in [0, 0.05) is 12.8 Å². The first-order valence-corrected chi connectivity index (χ1v) is 5.79. The zero-order valence-corrected chi connectivity index (χ0v) is 10.1. The Balaban J connectivity index is 2.37. The molecule has 0 saturated carbocycles. The van der Waals surface area contributed by atoms with Crippen molar-refractivity contribution in [2.45, 2.75) is 63.8 Å². The molecule has 0 aromatic carbocycles. The number of aliphatic hydroxyl groups excluding tert-OH is 2. The first-order valence-electron chi connectivity index (χ1n) is 5.79. The lowest BCUT2D eigenvalue weighted by Gasteiger charge is -2.36. The third-order valence-electron chi connectivity index (χ3n) is 2.82. The maximum absolute atomic E-state index is 10.4. The standard InChI is InChI=1S/C11H20O6/c1-6(3-4-10(14)15)16-11-9(13)5-8(12)7(2)17-11/h6-9,11-13H,3-5H2,1-2H3,(H,14,15)/t6-,7?,8+,9?,11+/m1/s1. The molecular formula is C11H20O6. The van der Waals surface area contributed by atoms with Gasteiger partial charge in [0.2, 0.25) is 0 Å². The number of hydrogen-bond donors (Lipinski definition) is 3. The Bertz CT molecular complexity index is 256. The van der Waals surface area contributed by atoms with Crippen LogP contribution in [0.1, 0.15) is 33.1 Å². The fourth-order valence-electron chi connectivity index (χ4n) is 1.69. The van der Waals surface area contributed by atoms with Crippen molar-refractivity contribution < 1.29 is 29.6 Å². The fraction of sp³-hybridized carbons (Fsp3) is 0.909.